The van der Waals surface area contributed by atoms with E-state index in [1.165, 1.54) is 6.07 Å². The maximum atomic E-state index is 14.2. The van der Waals surface area contributed by atoms with Gasteiger partial charge in [-0.15, -0.1) is 0 Å². The largest absolute Gasteiger partial charge is 0.378 e. The molecule has 0 saturated carbocycles. The van der Waals surface area contributed by atoms with Crippen molar-refractivity contribution >= 4 is 16.7 Å². The van der Waals surface area contributed by atoms with E-state index in [9.17, 15) is 8.78 Å². The van der Waals surface area contributed by atoms with Gasteiger partial charge in [-0.3, -0.25) is 0 Å². The highest BCUT2D eigenvalue weighted by Crippen LogP contribution is 2.36. The van der Waals surface area contributed by atoms with Crippen LogP contribution >= 0.6 is 0 Å². The Hall–Kier alpha value is -2.47. The molecular weight excluding hydrogens is 300 g/mol. The highest BCUT2D eigenvalue weighted by Gasteiger charge is 2.19. The van der Waals surface area contributed by atoms with Gasteiger partial charge in [-0.2, -0.15) is 0 Å². The van der Waals surface area contributed by atoms with Gasteiger partial charge in [-0.1, -0.05) is 0 Å². The number of aromatic amines is 1. The predicted octanol–water partition coefficient (Wildman–Crippen LogP) is 3.34. The van der Waals surface area contributed by atoms with E-state index in [1.807, 2.05) is 6.07 Å². The molecule has 3 aromatic rings. The summed E-state index contributed by atoms with van der Waals surface area (Å²) in [4.78, 5) is 9.54. The van der Waals surface area contributed by atoms with Crippen molar-refractivity contribution in [1.29, 1.82) is 0 Å². The molecule has 4 nitrogen and oxygen atoms in total. The van der Waals surface area contributed by atoms with Gasteiger partial charge in [0.25, 0.3) is 0 Å². The van der Waals surface area contributed by atoms with Gasteiger partial charge < -0.3 is 14.6 Å². The molecule has 1 fully saturated rings. The Labute approximate surface area is 131 Å². The summed E-state index contributed by atoms with van der Waals surface area (Å²) in [7, 11) is 0. The van der Waals surface area contributed by atoms with Gasteiger partial charge in [0.2, 0.25) is 0 Å². The quantitative estimate of drug-likeness (QED) is 0.788. The van der Waals surface area contributed by atoms with Crippen LogP contribution in [0.15, 0.2) is 36.7 Å². The van der Waals surface area contributed by atoms with Crippen LogP contribution in [0.25, 0.3) is 22.2 Å². The molecule has 1 N–H and O–H groups in total. The molecule has 0 atom stereocenters. The van der Waals surface area contributed by atoms with Gasteiger partial charge in [0.1, 0.15) is 17.3 Å². The van der Waals surface area contributed by atoms with E-state index in [0.29, 0.717) is 24.4 Å². The summed E-state index contributed by atoms with van der Waals surface area (Å²) in [5.74, 6) is -0.920. The predicted molar refractivity (Wildman–Crippen MR) is 84.5 cm³/mol. The van der Waals surface area contributed by atoms with E-state index in [2.05, 4.69) is 14.9 Å². The molecule has 0 radical (unpaired) electrons. The smallest absolute Gasteiger partial charge is 0.139 e. The summed E-state index contributed by atoms with van der Waals surface area (Å²) in [6, 6.07) is 5.39. The molecule has 3 heterocycles. The topological polar surface area (TPSA) is 41.2 Å². The van der Waals surface area contributed by atoms with Crippen LogP contribution in [-0.4, -0.2) is 36.3 Å². The third kappa shape index (κ3) is 2.45. The third-order valence-corrected chi connectivity index (χ3v) is 4.12. The van der Waals surface area contributed by atoms with E-state index < -0.39 is 11.6 Å². The molecule has 1 saturated heterocycles. The van der Waals surface area contributed by atoms with Gasteiger partial charge in [0.05, 0.1) is 18.9 Å². The lowest BCUT2D eigenvalue weighted by molar-refractivity contribution is 0.123. The standard InChI is InChI=1S/C17H15F2N3O/c18-11-1-2-14(19)12(9-11)13-10-21-17-16(13)15(3-4-20-17)22-5-7-23-8-6-22/h1-4,9-10H,5-8H2,(H,20,21). The SMILES string of the molecule is Fc1ccc(F)c(-c2c[nH]c3nccc(N4CCOCC4)c23)c1. The Morgan fingerprint density at radius 3 is 2.74 bits per heavy atom. The number of morpholine rings is 1. The number of nitrogens with zero attached hydrogens (tertiary/aromatic N) is 2. The fourth-order valence-corrected chi connectivity index (χ4v) is 3.02. The van der Waals surface area contributed by atoms with Crippen LogP contribution in [0.1, 0.15) is 0 Å². The number of halogens is 2. The number of ether oxygens (including phenoxy) is 1. The van der Waals surface area contributed by atoms with E-state index >= 15 is 0 Å². The summed E-state index contributed by atoms with van der Waals surface area (Å²) >= 11 is 0. The first kappa shape index (κ1) is 14.1. The Morgan fingerprint density at radius 1 is 1.09 bits per heavy atom. The minimum atomic E-state index is -0.465. The van der Waals surface area contributed by atoms with Crippen molar-refractivity contribution in [3.05, 3.63) is 48.3 Å². The van der Waals surface area contributed by atoms with E-state index in [-0.39, 0.29) is 5.56 Å². The monoisotopic (exact) mass is 315 g/mol. The number of pyridine rings is 1. The Balaban J connectivity index is 1.92. The molecule has 0 spiro atoms. The van der Waals surface area contributed by atoms with Gasteiger partial charge in [-0.25, -0.2) is 13.8 Å². The van der Waals surface area contributed by atoms with Crippen LogP contribution in [0.2, 0.25) is 0 Å². The number of H-pyrrole nitrogens is 1. The molecular formula is C17H15F2N3O. The molecule has 6 heteroatoms. The molecule has 0 aliphatic carbocycles. The zero-order valence-corrected chi connectivity index (χ0v) is 12.4. The van der Waals surface area contributed by atoms with Crippen LogP contribution in [0.4, 0.5) is 14.5 Å². The fourth-order valence-electron chi connectivity index (χ4n) is 3.02. The molecule has 0 bridgehead atoms. The second-order valence-electron chi connectivity index (χ2n) is 5.48. The molecule has 0 amide bonds. The summed E-state index contributed by atoms with van der Waals surface area (Å²) < 4.78 is 33.2. The molecule has 4 rings (SSSR count). The maximum Gasteiger partial charge on any atom is 0.139 e. The van der Waals surface area contributed by atoms with Crippen LogP contribution in [0.3, 0.4) is 0 Å². The number of benzene rings is 1. The van der Waals surface area contributed by atoms with E-state index in [1.54, 1.807) is 12.4 Å². The summed E-state index contributed by atoms with van der Waals surface area (Å²) in [5.41, 5.74) is 2.47. The average Bonchev–Trinajstić information content (AvgIpc) is 3.02. The third-order valence-electron chi connectivity index (χ3n) is 4.12. The molecule has 1 aromatic carbocycles. The van der Waals surface area contributed by atoms with Crippen LogP contribution in [0, 0.1) is 11.6 Å². The summed E-state index contributed by atoms with van der Waals surface area (Å²) in [6.07, 6.45) is 3.40. The average molecular weight is 315 g/mol. The number of anilines is 1. The minimum Gasteiger partial charge on any atom is -0.378 e. The normalized spacial score (nSPS) is 15.3. The van der Waals surface area contributed by atoms with E-state index in [0.717, 1.165) is 36.3 Å². The van der Waals surface area contributed by atoms with Crippen molar-refractivity contribution < 1.29 is 13.5 Å². The first-order chi connectivity index (χ1) is 11.2. The zero-order chi connectivity index (χ0) is 15.8. The number of hydrogen-bond acceptors (Lipinski definition) is 3. The minimum absolute atomic E-state index is 0.235. The van der Waals surface area contributed by atoms with Gasteiger partial charge in [-0.05, 0) is 24.3 Å². The first-order valence-electron chi connectivity index (χ1n) is 7.48. The van der Waals surface area contributed by atoms with Crippen molar-refractivity contribution in [2.24, 2.45) is 0 Å². The van der Waals surface area contributed by atoms with E-state index in [4.69, 9.17) is 4.74 Å². The lowest BCUT2D eigenvalue weighted by atomic mass is 10.0. The van der Waals surface area contributed by atoms with Crippen LogP contribution in [0.5, 0.6) is 0 Å². The second-order valence-corrected chi connectivity index (χ2v) is 5.48. The number of rotatable bonds is 2. The van der Waals surface area contributed by atoms with Crippen molar-refractivity contribution in [2.75, 3.05) is 31.2 Å². The number of fused-ring (bicyclic) bond motifs is 1. The van der Waals surface area contributed by atoms with Crippen molar-refractivity contribution in [1.82, 2.24) is 9.97 Å². The second kappa shape index (κ2) is 5.62. The van der Waals surface area contributed by atoms with Crippen LogP contribution < -0.4 is 4.90 Å². The molecule has 0 unspecified atom stereocenters. The molecule has 118 valence electrons. The fraction of sp³-hybridized carbons (Fsp3) is 0.235. The summed E-state index contributed by atoms with van der Waals surface area (Å²) in [6.45, 7) is 2.82. The van der Waals surface area contributed by atoms with Gasteiger partial charge >= 0.3 is 0 Å². The lowest BCUT2D eigenvalue weighted by Gasteiger charge is -2.29. The Bertz CT molecular complexity index is 856. The zero-order valence-electron chi connectivity index (χ0n) is 12.4. The van der Waals surface area contributed by atoms with Crippen LogP contribution in [-0.2, 0) is 4.74 Å². The van der Waals surface area contributed by atoms with Crippen molar-refractivity contribution in [3.63, 3.8) is 0 Å². The maximum absolute atomic E-state index is 14.2. The Kier molecular flexibility index (Phi) is 3.46. The van der Waals surface area contributed by atoms with Gasteiger partial charge in [0.15, 0.2) is 0 Å². The molecule has 23 heavy (non-hydrogen) atoms. The highest BCUT2D eigenvalue weighted by molar-refractivity contribution is 6.02. The highest BCUT2D eigenvalue weighted by atomic mass is 19.1. The number of hydrogen-bond donors (Lipinski definition) is 1. The number of nitrogens with one attached hydrogen (secondary N) is 1. The number of aromatic nitrogens is 2. The molecule has 1 aliphatic rings. The molecule has 2 aromatic heterocycles. The van der Waals surface area contributed by atoms with Crippen molar-refractivity contribution in [3.8, 4) is 11.1 Å². The lowest BCUT2D eigenvalue weighted by Crippen LogP contribution is -2.36. The van der Waals surface area contributed by atoms with Crippen molar-refractivity contribution in [2.45, 2.75) is 0 Å². The summed E-state index contributed by atoms with van der Waals surface area (Å²) in [5, 5.41) is 0.805. The Morgan fingerprint density at radius 2 is 1.91 bits per heavy atom. The molecule has 1 aliphatic heterocycles. The first-order valence-corrected chi connectivity index (χ1v) is 7.48. The van der Waals surface area contributed by atoms with Gasteiger partial charge in [0, 0.05) is 42.0 Å².